The Hall–Kier alpha value is -1.04. The van der Waals surface area contributed by atoms with Gasteiger partial charge in [-0.25, -0.2) is 0 Å². The first kappa shape index (κ1) is 16.0. The number of hydrogen-bond donors (Lipinski definition) is 0. The third-order valence-corrected chi connectivity index (χ3v) is 3.73. The van der Waals surface area contributed by atoms with Crippen LogP contribution in [0.25, 0.3) is 0 Å². The van der Waals surface area contributed by atoms with Gasteiger partial charge in [0.15, 0.2) is 0 Å². The van der Waals surface area contributed by atoms with E-state index < -0.39 is 0 Å². The summed E-state index contributed by atoms with van der Waals surface area (Å²) >= 11 is 0. The molecule has 0 N–H and O–H groups in total. The molecule has 0 radical (unpaired) electrons. The summed E-state index contributed by atoms with van der Waals surface area (Å²) in [6, 6.07) is 8.78. The number of aryl methyl sites for hydroxylation is 2. The smallest absolute Gasteiger partial charge is 0.0276 e. The fourth-order valence-corrected chi connectivity index (χ4v) is 2.46. The maximum atomic E-state index is 2.33. The predicted molar refractivity (Wildman–Crippen MR) is 86.6 cm³/mol. The minimum Gasteiger partial charge on any atom is -0.0888 e. The number of allylic oxidation sites excluding steroid dienone is 2. The van der Waals surface area contributed by atoms with E-state index in [1.165, 1.54) is 68.9 Å². The minimum atomic E-state index is 1.18. The number of benzene rings is 1. The summed E-state index contributed by atoms with van der Waals surface area (Å²) in [5.41, 5.74) is 2.98. The van der Waals surface area contributed by atoms with Gasteiger partial charge in [0, 0.05) is 0 Å². The summed E-state index contributed by atoms with van der Waals surface area (Å²) in [4.78, 5) is 0. The molecule has 0 aliphatic carbocycles. The van der Waals surface area contributed by atoms with E-state index in [1.807, 2.05) is 0 Å². The highest BCUT2D eigenvalue weighted by Crippen LogP contribution is 2.13. The zero-order valence-electron chi connectivity index (χ0n) is 12.8. The highest BCUT2D eigenvalue weighted by Gasteiger charge is 1.97. The van der Waals surface area contributed by atoms with Gasteiger partial charge in [-0.15, -0.1) is 0 Å². The Morgan fingerprint density at radius 1 is 0.842 bits per heavy atom. The summed E-state index contributed by atoms with van der Waals surface area (Å²) in [7, 11) is 0. The van der Waals surface area contributed by atoms with Crippen LogP contribution in [0.4, 0.5) is 0 Å². The molecule has 0 saturated carbocycles. The Morgan fingerprint density at radius 2 is 1.53 bits per heavy atom. The summed E-state index contributed by atoms with van der Waals surface area (Å²) in [6.07, 6.45) is 16.6. The zero-order valence-corrected chi connectivity index (χ0v) is 12.8. The van der Waals surface area contributed by atoms with Crippen molar-refractivity contribution in [1.82, 2.24) is 0 Å². The molecule has 19 heavy (non-hydrogen) atoms. The molecule has 106 valence electrons. The first-order valence-corrected chi connectivity index (χ1v) is 8.04. The molecule has 0 nitrogen and oxygen atoms in total. The molecule has 0 aliphatic rings. The van der Waals surface area contributed by atoms with Crippen molar-refractivity contribution in [3.63, 3.8) is 0 Å². The molecule has 0 aromatic heterocycles. The van der Waals surface area contributed by atoms with Gasteiger partial charge in [-0.3, -0.25) is 0 Å². The van der Waals surface area contributed by atoms with Gasteiger partial charge in [0.25, 0.3) is 0 Å². The third kappa shape index (κ3) is 7.87. The standard InChI is InChI=1S/C19H30/c1-3-4-5-6-7-8-9-10-11-12-16-19-17-14-13-15-18(19)2/h4-5,13-15,17H,3,6-12,16H2,1-2H3. The second kappa shape index (κ2) is 10.8. The van der Waals surface area contributed by atoms with E-state index in [-0.39, 0.29) is 0 Å². The van der Waals surface area contributed by atoms with Gasteiger partial charge in [-0.05, 0) is 50.2 Å². The molecule has 1 rings (SSSR count). The van der Waals surface area contributed by atoms with Crippen LogP contribution in [-0.2, 0) is 6.42 Å². The fraction of sp³-hybridized carbons (Fsp3) is 0.579. The Bertz CT molecular complexity index is 349. The molecule has 0 unspecified atom stereocenters. The molecule has 1 aromatic carbocycles. The maximum Gasteiger partial charge on any atom is -0.0276 e. The van der Waals surface area contributed by atoms with Crippen LogP contribution in [0, 0.1) is 6.92 Å². The average molecular weight is 258 g/mol. The average Bonchev–Trinajstić information content (AvgIpc) is 2.43. The lowest BCUT2D eigenvalue weighted by Gasteiger charge is -2.05. The molecule has 0 saturated heterocycles. The second-order valence-corrected chi connectivity index (χ2v) is 5.47. The Kier molecular flexibility index (Phi) is 9.14. The molecule has 0 heterocycles. The topological polar surface area (TPSA) is 0 Å². The molecular weight excluding hydrogens is 228 g/mol. The van der Waals surface area contributed by atoms with Crippen LogP contribution in [0.3, 0.4) is 0 Å². The molecule has 0 atom stereocenters. The van der Waals surface area contributed by atoms with E-state index in [2.05, 4.69) is 50.3 Å². The van der Waals surface area contributed by atoms with Crippen LogP contribution < -0.4 is 0 Å². The van der Waals surface area contributed by atoms with Crippen molar-refractivity contribution in [2.24, 2.45) is 0 Å². The van der Waals surface area contributed by atoms with Crippen molar-refractivity contribution in [2.75, 3.05) is 0 Å². The van der Waals surface area contributed by atoms with Crippen molar-refractivity contribution in [3.05, 3.63) is 47.5 Å². The van der Waals surface area contributed by atoms with Gasteiger partial charge in [0.1, 0.15) is 0 Å². The monoisotopic (exact) mass is 258 g/mol. The van der Waals surface area contributed by atoms with Crippen molar-refractivity contribution in [3.8, 4) is 0 Å². The normalized spacial score (nSPS) is 11.3. The maximum absolute atomic E-state index is 2.33. The molecule has 0 heteroatoms. The van der Waals surface area contributed by atoms with Crippen molar-refractivity contribution in [1.29, 1.82) is 0 Å². The quantitative estimate of drug-likeness (QED) is 0.344. The van der Waals surface area contributed by atoms with Crippen LogP contribution >= 0.6 is 0 Å². The Labute approximate surface area is 119 Å². The summed E-state index contributed by atoms with van der Waals surface area (Å²) in [5, 5.41) is 0. The fourth-order valence-electron chi connectivity index (χ4n) is 2.46. The van der Waals surface area contributed by atoms with Gasteiger partial charge >= 0.3 is 0 Å². The van der Waals surface area contributed by atoms with Crippen LogP contribution in [0.2, 0.25) is 0 Å². The minimum absolute atomic E-state index is 1.18. The largest absolute Gasteiger partial charge is 0.0888 e. The van der Waals surface area contributed by atoms with E-state index >= 15 is 0 Å². The first-order valence-electron chi connectivity index (χ1n) is 8.04. The predicted octanol–water partition coefficient (Wildman–Crippen LogP) is 6.23. The molecular formula is C19H30. The van der Waals surface area contributed by atoms with Crippen molar-refractivity contribution in [2.45, 2.75) is 71.6 Å². The Balaban J connectivity index is 1.94. The van der Waals surface area contributed by atoms with E-state index in [1.54, 1.807) is 0 Å². The molecule has 0 aliphatic heterocycles. The third-order valence-electron chi connectivity index (χ3n) is 3.73. The number of rotatable bonds is 10. The highest BCUT2D eigenvalue weighted by atomic mass is 14.0. The first-order chi connectivity index (χ1) is 9.34. The van der Waals surface area contributed by atoms with E-state index in [9.17, 15) is 0 Å². The van der Waals surface area contributed by atoms with Crippen LogP contribution in [-0.4, -0.2) is 0 Å². The SMILES string of the molecule is CCC=CCCCCCCCCc1ccccc1C. The van der Waals surface area contributed by atoms with Gasteiger partial charge < -0.3 is 0 Å². The van der Waals surface area contributed by atoms with Crippen molar-refractivity contribution < 1.29 is 0 Å². The van der Waals surface area contributed by atoms with Gasteiger partial charge in [-0.2, -0.15) is 0 Å². The lowest BCUT2D eigenvalue weighted by molar-refractivity contribution is 0.596. The van der Waals surface area contributed by atoms with Crippen molar-refractivity contribution >= 4 is 0 Å². The van der Waals surface area contributed by atoms with Crippen LogP contribution in [0.15, 0.2) is 36.4 Å². The van der Waals surface area contributed by atoms with E-state index in [0.717, 1.165) is 0 Å². The lowest BCUT2D eigenvalue weighted by atomic mass is 10.0. The Morgan fingerprint density at radius 3 is 2.26 bits per heavy atom. The van der Waals surface area contributed by atoms with Crippen LogP contribution in [0.5, 0.6) is 0 Å². The number of hydrogen-bond acceptors (Lipinski definition) is 0. The van der Waals surface area contributed by atoms with Gasteiger partial charge in [0.2, 0.25) is 0 Å². The van der Waals surface area contributed by atoms with E-state index in [4.69, 9.17) is 0 Å². The van der Waals surface area contributed by atoms with E-state index in [0.29, 0.717) is 0 Å². The highest BCUT2D eigenvalue weighted by molar-refractivity contribution is 5.25. The van der Waals surface area contributed by atoms with Gasteiger partial charge in [0.05, 0.1) is 0 Å². The summed E-state index contributed by atoms with van der Waals surface area (Å²) < 4.78 is 0. The molecule has 1 aromatic rings. The second-order valence-electron chi connectivity index (χ2n) is 5.47. The lowest BCUT2D eigenvalue weighted by Crippen LogP contribution is -1.89. The summed E-state index contributed by atoms with van der Waals surface area (Å²) in [5.74, 6) is 0. The van der Waals surface area contributed by atoms with Gasteiger partial charge in [-0.1, -0.05) is 69.0 Å². The molecule has 0 bridgehead atoms. The molecule has 0 amide bonds. The number of unbranched alkanes of at least 4 members (excludes halogenated alkanes) is 6. The molecule has 0 fully saturated rings. The zero-order chi connectivity index (χ0) is 13.8. The van der Waals surface area contributed by atoms with Crippen LogP contribution in [0.1, 0.15) is 69.4 Å². The molecule has 0 spiro atoms. The summed E-state index contributed by atoms with van der Waals surface area (Å²) in [6.45, 7) is 4.42.